The number of carboxylic acid groups (broad SMARTS) is 1. The molecule has 0 saturated heterocycles. The summed E-state index contributed by atoms with van der Waals surface area (Å²) in [6.07, 6.45) is 2.86. The molecule has 314 valence electrons. The van der Waals surface area contributed by atoms with Crippen LogP contribution in [0.15, 0.2) is 41.8 Å². The molecule has 0 radical (unpaired) electrons. The number of hydrogen-bond acceptors (Lipinski definition) is 12. The molecular formula is C35H54N12O9S. The number of aromatic amines is 1. The van der Waals surface area contributed by atoms with Gasteiger partial charge in [0.15, 0.2) is 5.96 Å². The van der Waals surface area contributed by atoms with E-state index in [1.807, 2.05) is 0 Å². The van der Waals surface area contributed by atoms with Crippen molar-refractivity contribution < 1.29 is 43.8 Å². The number of H-pyrrole nitrogens is 1. The molecule has 6 amide bonds. The maximum Gasteiger partial charge on any atom is 0.326 e. The molecular weight excluding hydrogens is 765 g/mol. The summed E-state index contributed by atoms with van der Waals surface area (Å²) in [6, 6.07) is -2.69. The van der Waals surface area contributed by atoms with Crippen LogP contribution in [0.2, 0.25) is 0 Å². The highest BCUT2D eigenvalue weighted by Crippen LogP contribution is 2.12. The van der Waals surface area contributed by atoms with Gasteiger partial charge in [0, 0.05) is 37.0 Å². The Bertz CT molecular complexity index is 1700. The van der Waals surface area contributed by atoms with E-state index in [1.54, 1.807) is 13.8 Å². The van der Waals surface area contributed by atoms with Gasteiger partial charge in [-0.1, -0.05) is 26.0 Å². The van der Waals surface area contributed by atoms with Gasteiger partial charge in [-0.3, -0.25) is 33.8 Å². The summed E-state index contributed by atoms with van der Waals surface area (Å²) in [7, 11) is 0. The van der Waals surface area contributed by atoms with E-state index in [9.17, 15) is 43.8 Å². The molecule has 0 unspecified atom stereocenters. The second kappa shape index (κ2) is 23.2. The van der Waals surface area contributed by atoms with Crippen LogP contribution in [-0.2, 0) is 46.4 Å². The van der Waals surface area contributed by atoms with Crippen molar-refractivity contribution in [3.8, 4) is 5.75 Å². The number of aromatic hydroxyl groups is 1. The van der Waals surface area contributed by atoms with Gasteiger partial charge in [0.1, 0.15) is 42.0 Å². The minimum absolute atomic E-state index is 0.00587. The number of phenols is 1. The van der Waals surface area contributed by atoms with Crippen LogP contribution in [0.4, 0.5) is 0 Å². The molecule has 1 aromatic heterocycles. The quantitative estimate of drug-likeness (QED) is 0.0229. The highest BCUT2D eigenvalue weighted by Gasteiger charge is 2.33. The van der Waals surface area contributed by atoms with Crippen molar-refractivity contribution >= 4 is 60.0 Å². The topological polar surface area (TPSA) is 351 Å². The molecule has 0 fully saturated rings. The summed E-state index contributed by atoms with van der Waals surface area (Å²) < 4.78 is 0. The summed E-state index contributed by atoms with van der Waals surface area (Å²) in [5.41, 5.74) is 17.3. The van der Waals surface area contributed by atoms with E-state index >= 15 is 0 Å². The molecule has 57 heavy (non-hydrogen) atoms. The number of carboxylic acids is 1. The van der Waals surface area contributed by atoms with Crippen LogP contribution >= 0.6 is 12.6 Å². The minimum Gasteiger partial charge on any atom is -0.508 e. The number of phenolic OH excluding ortho intramolecular Hbond substituents is 1. The van der Waals surface area contributed by atoms with E-state index in [0.29, 0.717) is 11.3 Å². The number of aliphatic carboxylic acids is 1. The van der Waals surface area contributed by atoms with E-state index < -0.39 is 89.6 Å². The van der Waals surface area contributed by atoms with Gasteiger partial charge in [-0.15, -0.1) is 0 Å². The van der Waals surface area contributed by atoms with Crippen molar-refractivity contribution in [3.63, 3.8) is 0 Å². The molecule has 0 bridgehead atoms. The fourth-order valence-corrected chi connectivity index (χ4v) is 5.32. The third-order valence-corrected chi connectivity index (χ3v) is 8.86. The Morgan fingerprint density at radius 3 is 1.81 bits per heavy atom. The number of nitrogens with two attached hydrogens (primary N) is 3. The van der Waals surface area contributed by atoms with Crippen LogP contribution in [0.25, 0.3) is 0 Å². The first-order valence-electron chi connectivity index (χ1n) is 18.0. The highest BCUT2D eigenvalue weighted by atomic mass is 32.1. The number of benzene rings is 1. The Kier molecular flexibility index (Phi) is 19.3. The third-order valence-electron chi connectivity index (χ3n) is 8.47. The zero-order valence-electron chi connectivity index (χ0n) is 32.2. The largest absolute Gasteiger partial charge is 0.508 e. The van der Waals surface area contributed by atoms with Gasteiger partial charge >= 0.3 is 5.97 Å². The zero-order valence-corrected chi connectivity index (χ0v) is 33.0. The van der Waals surface area contributed by atoms with Crippen LogP contribution in [0.5, 0.6) is 5.75 Å². The molecule has 1 heterocycles. The molecule has 2 aromatic rings. The summed E-state index contributed by atoms with van der Waals surface area (Å²) in [4.78, 5) is 102. The second-order valence-corrected chi connectivity index (χ2v) is 14.0. The Labute approximate surface area is 334 Å². The van der Waals surface area contributed by atoms with E-state index in [4.69, 9.17) is 17.2 Å². The van der Waals surface area contributed by atoms with Crippen LogP contribution in [-0.4, -0.2) is 122 Å². The molecule has 1 aromatic carbocycles. The van der Waals surface area contributed by atoms with E-state index in [1.165, 1.54) is 50.6 Å². The monoisotopic (exact) mass is 818 g/mol. The number of rotatable bonds is 23. The van der Waals surface area contributed by atoms with Gasteiger partial charge in [0.25, 0.3) is 0 Å². The number of carbonyl (C=O) groups excluding carboxylic acids is 6. The standard InChI is InChI=1S/C35H54N12O9S/c1-17(2)27(47-30(51)23(36)15-57)33(54)46-26(13-21-14-39-16-41-21)32(53)43-19(4)29(50)45-25(12-20-7-9-22(48)10-8-20)31(52)42-18(3)28(49)44-24(34(55)56)6-5-11-40-35(37)38/h7-10,14,16-19,23-27,48,57H,5-6,11-13,15,36H2,1-4H3,(H,39,41)(H,42,52)(H,43,53)(H,44,49)(H,45,50)(H,46,54)(H,47,51)(H,55,56)(H4,37,38,40)/t18-,19-,23-,24-,25-,26-,27-/m0/s1. The molecule has 0 aliphatic carbocycles. The Balaban J connectivity index is 2.22. The maximum atomic E-state index is 13.6. The fourth-order valence-electron chi connectivity index (χ4n) is 5.16. The lowest BCUT2D eigenvalue weighted by Crippen LogP contribution is -2.60. The SMILES string of the molecule is CC(C)[C@H](NC(=O)[C@@H](N)CS)C(=O)N[C@@H](Cc1cnc[nH]1)C(=O)N[C@@H](C)C(=O)N[C@@H](Cc1ccc(O)cc1)C(=O)N[C@@H](C)C(=O)N[C@@H](CCCN=C(N)N)C(=O)O. The number of aliphatic imine (C=N–C) groups is 1. The summed E-state index contributed by atoms with van der Waals surface area (Å²) in [5.74, 6) is -6.43. The molecule has 0 aliphatic rings. The van der Waals surface area contributed by atoms with Gasteiger partial charge in [-0.05, 0) is 50.3 Å². The molecule has 0 aliphatic heterocycles. The fraction of sp³-hybridized carbons (Fsp3) is 0.514. The summed E-state index contributed by atoms with van der Waals surface area (Å²) >= 11 is 4.02. The lowest BCUT2D eigenvalue weighted by atomic mass is 10.0. The maximum absolute atomic E-state index is 13.6. The lowest BCUT2D eigenvalue weighted by Gasteiger charge is -2.27. The van der Waals surface area contributed by atoms with Crippen molar-refractivity contribution in [1.29, 1.82) is 0 Å². The van der Waals surface area contributed by atoms with Crippen LogP contribution in [0.1, 0.15) is 51.8 Å². The van der Waals surface area contributed by atoms with Gasteiger partial charge in [0.05, 0.1) is 12.4 Å². The van der Waals surface area contributed by atoms with Gasteiger partial charge in [-0.2, -0.15) is 12.6 Å². The van der Waals surface area contributed by atoms with E-state index in [2.05, 4.69) is 59.5 Å². The Morgan fingerprint density at radius 2 is 1.32 bits per heavy atom. The van der Waals surface area contributed by atoms with Crippen molar-refractivity contribution in [2.75, 3.05) is 12.3 Å². The third kappa shape index (κ3) is 16.4. The van der Waals surface area contributed by atoms with Crippen molar-refractivity contribution in [1.82, 2.24) is 41.9 Å². The van der Waals surface area contributed by atoms with Crippen LogP contribution < -0.4 is 49.1 Å². The average molecular weight is 819 g/mol. The first kappa shape index (κ1) is 47.3. The molecule has 7 atom stereocenters. The number of amides is 6. The number of thiol groups is 1. The number of aromatic nitrogens is 2. The van der Waals surface area contributed by atoms with Gasteiger partial charge in [-0.25, -0.2) is 9.78 Å². The normalized spacial score (nSPS) is 14.6. The summed E-state index contributed by atoms with van der Waals surface area (Å²) in [5, 5.41) is 34.5. The first-order valence-corrected chi connectivity index (χ1v) is 18.7. The lowest BCUT2D eigenvalue weighted by molar-refractivity contribution is -0.142. The Hall–Kier alpha value is -5.90. The predicted molar refractivity (Wildman–Crippen MR) is 211 cm³/mol. The molecule has 15 N–H and O–H groups in total. The second-order valence-electron chi connectivity index (χ2n) is 13.6. The average Bonchev–Trinajstić information content (AvgIpc) is 3.67. The molecule has 0 saturated carbocycles. The smallest absolute Gasteiger partial charge is 0.326 e. The molecule has 0 spiro atoms. The summed E-state index contributed by atoms with van der Waals surface area (Å²) in [6.45, 7) is 6.19. The van der Waals surface area contributed by atoms with Crippen LogP contribution in [0, 0.1) is 5.92 Å². The number of guanidine groups is 1. The number of nitrogens with zero attached hydrogens (tertiary/aromatic N) is 2. The van der Waals surface area contributed by atoms with Gasteiger partial charge in [0.2, 0.25) is 35.4 Å². The predicted octanol–water partition coefficient (Wildman–Crippen LogP) is -3.10. The first-order chi connectivity index (χ1) is 26.8. The molecule has 21 nitrogen and oxygen atoms in total. The van der Waals surface area contributed by atoms with E-state index in [-0.39, 0.29) is 49.7 Å². The zero-order chi connectivity index (χ0) is 42.8. The number of nitrogens with one attached hydrogen (secondary N) is 7. The highest BCUT2D eigenvalue weighted by molar-refractivity contribution is 7.80. The van der Waals surface area contributed by atoms with Crippen LogP contribution in [0.3, 0.4) is 0 Å². The van der Waals surface area contributed by atoms with Crippen molar-refractivity contribution in [2.24, 2.45) is 28.1 Å². The van der Waals surface area contributed by atoms with Gasteiger partial charge < -0.3 is 64.3 Å². The van der Waals surface area contributed by atoms with E-state index in [0.717, 1.165) is 0 Å². The number of hydrogen-bond donors (Lipinski definition) is 13. The minimum atomic E-state index is -1.33. The van der Waals surface area contributed by atoms with Crippen molar-refractivity contribution in [2.45, 2.75) is 95.7 Å². The number of carbonyl (C=O) groups is 7. The molecule has 2 rings (SSSR count). The Morgan fingerprint density at radius 1 is 0.772 bits per heavy atom. The number of imidazole rings is 1. The molecule has 22 heteroatoms. The van der Waals surface area contributed by atoms with Crippen molar-refractivity contribution in [3.05, 3.63) is 48.0 Å².